The molecule has 1 aliphatic rings. The number of alkyl halides is 9. The van der Waals surface area contributed by atoms with E-state index < -0.39 is 73.7 Å². The molecule has 1 fully saturated rings. The lowest BCUT2D eigenvalue weighted by Gasteiger charge is -2.19. The number of anilines is 1. The lowest BCUT2D eigenvalue weighted by atomic mass is 10.2. The Hall–Kier alpha value is -3.71. The lowest BCUT2D eigenvalue weighted by molar-refractivity contribution is -0.212. The molecular formula is C17H12F9N5O6. The fraction of sp³-hybridized carbons (Fsp3) is 0.529. The van der Waals surface area contributed by atoms with Crippen molar-refractivity contribution in [1.82, 2.24) is 19.5 Å². The zero-order valence-electron chi connectivity index (χ0n) is 17.9. The zero-order valence-corrected chi connectivity index (χ0v) is 17.9. The number of halogens is 9. The average Bonchev–Trinajstić information content (AvgIpc) is 3.38. The maximum atomic E-state index is 12.8. The summed E-state index contributed by atoms with van der Waals surface area (Å²) in [5, 5.41) is 0. The van der Waals surface area contributed by atoms with Gasteiger partial charge in [0.15, 0.2) is 17.0 Å². The summed E-state index contributed by atoms with van der Waals surface area (Å²) in [5.41, 5.74) is -0.687. The monoisotopic (exact) mass is 553 g/mol. The summed E-state index contributed by atoms with van der Waals surface area (Å²) in [6.45, 7) is -1.28. The Labute approximate surface area is 198 Å². The minimum Gasteiger partial charge on any atom is -0.456 e. The van der Waals surface area contributed by atoms with E-state index in [4.69, 9.17) is 4.74 Å². The first kappa shape index (κ1) is 27.9. The first-order chi connectivity index (χ1) is 16.9. The van der Waals surface area contributed by atoms with Crippen LogP contribution < -0.4 is 4.90 Å². The van der Waals surface area contributed by atoms with Crippen LogP contribution in [-0.4, -0.2) is 81.8 Å². The average molecular weight is 553 g/mol. The molecule has 20 heteroatoms. The fourth-order valence-electron chi connectivity index (χ4n) is 3.17. The van der Waals surface area contributed by atoms with Gasteiger partial charge in [-0.15, -0.1) is 0 Å². The Bertz CT molecular complexity index is 1190. The molecule has 3 unspecified atom stereocenters. The van der Waals surface area contributed by atoms with Crippen LogP contribution in [0.1, 0.15) is 12.6 Å². The molecule has 37 heavy (non-hydrogen) atoms. The Balaban J connectivity index is 1.90. The van der Waals surface area contributed by atoms with Gasteiger partial charge in [0, 0.05) is 13.5 Å². The molecular weight excluding hydrogens is 541 g/mol. The Morgan fingerprint density at radius 2 is 1.62 bits per heavy atom. The molecule has 1 saturated heterocycles. The van der Waals surface area contributed by atoms with E-state index in [1.165, 1.54) is 0 Å². The van der Waals surface area contributed by atoms with Crippen molar-refractivity contribution in [3.05, 3.63) is 12.7 Å². The van der Waals surface area contributed by atoms with Gasteiger partial charge in [-0.25, -0.2) is 24.5 Å². The molecule has 0 saturated carbocycles. The molecule has 0 aliphatic carbocycles. The highest BCUT2D eigenvalue weighted by Gasteiger charge is 2.48. The molecule has 2 aromatic rings. The van der Waals surface area contributed by atoms with Crippen LogP contribution in [0.5, 0.6) is 0 Å². The Kier molecular flexibility index (Phi) is 7.26. The van der Waals surface area contributed by atoms with Gasteiger partial charge in [-0.1, -0.05) is 0 Å². The minimum absolute atomic E-state index is 0.115. The molecule has 0 aromatic carbocycles. The number of imidazole rings is 1. The van der Waals surface area contributed by atoms with Gasteiger partial charge in [0.25, 0.3) is 0 Å². The number of hydrogen-bond acceptors (Lipinski definition) is 9. The minimum atomic E-state index is -5.48. The van der Waals surface area contributed by atoms with E-state index in [0.29, 0.717) is 0 Å². The number of carbonyl (C=O) groups excluding carboxylic acids is 3. The number of nitrogens with zero attached hydrogens (tertiary/aromatic N) is 5. The number of ether oxygens (including phenoxy) is 3. The molecule has 0 spiro atoms. The summed E-state index contributed by atoms with van der Waals surface area (Å²) in [4.78, 5) is 45.1. The lowest BCUT2D eigenvalue weighted by Crippen LogP contribution is -2.39. The first-order valence-corrected chi connectivity index (χ1v) is 9.61. The molecule has 0 radical (unpaired) electrons. The summed E-state index contributed by atoms with van der Waals surface area (Å²) in [7, 11) is 0.736. The topological polar surface area (TPSA) is 126 Å². The van der Waals surface area contributed by atoms with Crippen LogP contribution in [0.25, 0.3) is 11.2 Å². The fourth-order valence-corrected chi connectivity index (χ4v) is 3.17. The van der Waals surface area contributed by atoms with Crippen molar-refractivity contribution in [2.45, 2.75) is 43.4 Å². The van der Waals surface area contributed by atoms with Gasteiger partial charge >= 0.3 is 36.4 Å². The van der Waals surface area contributed by atoms with E-state index in [2.05, 4.69) is 24.4 Å². The number of rotatable bonds is 5. The Morgan fingerprint density at radius 1 is 1.00 bits per heavy atom. The molecule has 2 aromatic heterocycles. The second-order valence-corrected chi connectivity index (χ2v) is 7.29. The van der Waals surface area contributed by atoms with Crippen molar-refractivity contribution in [3.8, 4) is 0 Å². The van der Waals surface area contributed by atoms with Gasteiger partial charge < -0.3 is 14.2 Å². The zero-order chi connectivity index (χ0) is 27.9. The summed E-state index contributed by atoms with van der Waals surface area (Å²) < 4.78 is 128. The molecule has 1 amide bonds. The third kappa shape index (κ3) is 6.00. The van der Waals surface area contributed by atoms with Crippen LogP contribution in [0.4, 0.5) is 45.3 Å². The predicted octanol–water partition coefficient (Wildman–Crippen LogP) is 2.22. The van der Waals surface area contributed by atoms with Crippen LogP contribution in [-0.2, 0) is 28.6 Å². The van der Waals surface area contributed by atoms with E-state index in [1.54, 1.807) is 0 Å². The highest BCUT2D eigenvalue weighted by Crippen LogP contribution is 2.35. The van der Waals surface area contributed by atoms with Crippen LogP contribution in [0, 0.1) is 0 Å². The van der Waals surface area contributed by atoms with Crippen molar-refractivity contribution in [2.24, 2.45) is 0 Å². The number of carbonyl (C=O) groups is 3. The highest BCUT2D eigenvalue weighted by atomic mass is 19.4. The van der Waals surface area contributed by atoms with Crippen molar-refractivity contribution >= 4 is 34.8 Å². The van der Waals surface area contributed by atoms with Crippen LogP contribution in [0.3, 0.4) is 0 Å². The standard InChI is InChI=1S/C17H12F9N5O6/c1-30(12(32)15(18,19)20)10-9-11(28-4-27-10)31(5-29-9)8-2-6(37-14(34)17(24,25)26)7(36-8)3-35-13(33)16(21,22)23/h4-8H,2-3H2,1H3. The van der Waals surface area contributed by atoms with Gasteiger partial charge in [-0.2, -0.15) is 39.5 Å². The summed E-state index contributed by atoms with van der Waals surface area (Å²) in [6, 6.07) is 0. The van der Waals surface area contributed by atoms with Crippen LogP contribution in [0.2, 0.25) is 0 Å². The summed E-state index contributed by atoms with van der Waals surface area (Å²) in [5.74, 6) is -8.32. The SMILES string of the molecule is CN(C(=O)C(F)(F)F)c1ncnc2c1ncn2C1CC(OC(=O)C(F)(F)F)C(COC(=O)C(F)(F)F)O1. The van der Waals surface area contributed by atoms with Crippen molar-refractivity contribution in [2.75, 3.05) is 18.6 Å². The number of hydrogen-bond donors (Lipinski definition) is 0. The third-order valence-corrected chi connectivity index (χ3v) is 4.80. The summed E-state index contributed by atoms with van der Waals surface area (Å²) >= 11 is 0. The van der Waals surface area contributed by atoms with Crippen LogP contribution in [0.15, 0.2) is 12.7 Å². The molecule has 3 heterocycles. The smallest absolute Gasteiger partial charge is 0.456 e. The predicted molar refractivity (Wildman–Crippen MR) is 96.3 cm³/mol. The van der Waals surface area contributed by atoms with Gasteiger partial charge in [-0.3, -0.25) is 14.3 Å². The van der Waals surface area contributed by atoms with Gasteiger partial charge in [0.1, 0.15) is 31.4 Å². The largest absolute Gasteiger partial charge is 0.490 e. The second kappa shape index (κ2) is 9.63. The molecule has 1 aliphatic heterocycles. The highest BCUT2D eigenvalue weighted by molar-refractivity contribution is 6.01. The molecule has 3 atom stereocenters. The van der Waals surface area contributed by atoms with E-state index in [9.17, 15) is 53.9 Å². The van der Waals surface area contributed by atoms with E-state index in [0.717, 1.165) is 24.3 Å². The molecule has 204 valence electrons. The summed E-state index contributed by atoms with van der Waals surface area (Å²) in [6.07, 6.45) is -20.4. The van der Waals surface area contributed by atoms with Crippen molar-refractivity contribution < 1.29 is 68.1 Å². The van der Waals surface area contributed by atoms with Gasteiger partial charge in [0.2, 0.25) is 0 Å². The number of aromatic nitrogens is 4. The van der Waals surface area contributed by atoms with E-state index in [-0.39, 0.29) is 16.1 Å². The number of fused-ring (bicyclic) bond motifs is 1. The third-order valence-electron chi connectivity index (χ3n) is 4.80. The Morgan fingerprint density at radius 3 is 2.19 bits per heavy atom. The molecule has 0 bridgehead atoms. The number of amides is 1. The maximum Gasteiger partial charge on any atom is 0.490 e. The van der Waals surface area contributed by atoms with E-state index in [1.807, 2.05) is 0 Å². The maximum absolute atomic E-state index is 12.8. The second-order valence-electron chi connectivity index (χ2n) is 7.29. The quantitative estimate of drug-likeness (QED) is 0.405. The van der Waals surface area contributed by atoms with Crippen LogP contribution >= 0.6 is 0 Å². The normalized spacial score (nSPS) is 20.6. The molecule has 3 rings (SSSR count). The van der Waals surface area contributed by atoms with Gasteiger partial charge in [-0.05, 0) is 0 Å². The number of esters is 2. The van der Waals surface area contributed by atoms with Crippen molar-refractivity contribution in [1.29, 1.82) is 0 Å². The van der Waals surface area contributed by atoms with Crippen molar-refractivity contribution in [3.63, 3.8) is 0 Å². The molecule has 0 N–H and O–H groups in total. The van der Waals surface area contributed by atoms with Gasteiger partial charge in [0.05, 0.1) is 6.33 Å². The van der Waals surface area contributed by atoms with E-state index >= 15 is 0 Å². The first-order valence-electron chi connectivity index (χ1n) is 9.61. The molecule has 11 nitrogen and oxygen atoms in total.